The van der Waals surface area contributed by atoms with Gasteiger partial charge in [-0.25, -0.2) is 4.79 Å². The summed E-state index contributed by atoms with van der Waals surface area (Å²) in [6, 6.07) is 15.9. The van der Waals surface area contributed by atoms with E-state index in [1.54, 1.807) is 30.3 Å². The Balaban J connectivity index is 1.72. The Labute approximate surface area is 151 Å². The van der Waals surface area contributed by atoms with Crippen molar-refractivity contribution in [3.63, 3.8) is 0 Å². The van der Waals surface area contributed by atoms with Gasteiger partial charge in [-0.2, -0.15) is 0 Å². The molecule has 134 valence electrons. The van der Waals surface area contributed by atoms with Gasteiger partial charge in [0.25, 0.3) is 0 Å². The van der Waals surface area contributed by atoms with Crippen LogP contribution in [0.25, 0.3) is 6.08 Å². The van der Waals surface area contributed by atoms with Gasteiger partial charge in [0.15, 0.2) is 0 Å². The van der Waals surface area contributed by atoms with E-state index in [1.807, 2.05) is 30.3 Å². The second-order valence-electron chi connectivity index (χ2n) is 5.31. The molecule has 1 amide bonds. The summed E-state index contributed by atoms with van der Waals surface area (Å²) in [5.41, 5.74) is 2.03. The number of ether oxygens (including phenoxy) is 2. The summed E-state index contributed by atoms with van der Waals surface area (Å²) in [6.45, 7) is -0.172. The van der Waals surface area contributed by atoms with Gasteiger partial charge < -0.3 is 14.8 Å². The van der Waals surface area contributed by atoms with Crippen LogP contribution in [0.5, 0.6) is 0 Å². The number of carbonyl (C=O) groups excluding carboxylic acids is 3. The molecule has 0 saturated heterocycles. The minimum absolute atomic E-state index is 0.0516. The predicted molar refractivity (Wildman–Crippen MR) is 96.1 cm³/mol. The molecule has 0 aliphatic heterocycles. The van der Waals surface area contributed by atoms with Crippen LogP contribution in [-0.2, 0) is 25.7 Å². The molecule has 0 spiro atoms. The number of esters is 2. The van der Waals surface area contributed by atoms with Gasteiger partial charge in [-0.3, -0.25) is 9.59 Å². The van der Waals surface area contributed by atoms with Gasteiger partial charge in [-0.1, -0.05) is 42.5 Å². The highest BCUT2D eigenvalue weighted by molar-refractivity contribution is 5.93. The van der Waals surface area contributed by atoms with Crippen LogP contribution in [-0.4, -0.2) is 31.5 Å². The van der Waals surface area contributed by atoms with E-state index in [-0.39, 0.29) is 19.1 Å². The molecule has 6 nitrogen and oxygen atoms in total. The molecule has 0 aliphatic rings. The number of hydrogen-bond acceptors (Lipinski definition) is 5. The van der Waals surface area contributed by atoms with Gasteiger partial charge in [0.05, 0.1) is 12.7 Å². The van der Waals surface area contributed by atoms with Crippen molar-refractivity contribution in [3.8, 4) is 0 Å². The van der Waals surface area contributed by atoms with Crippen LogP contribution in [0.3, 0.4) is 0 Å². The lowest BCUT2D eigenvalue weighted by Gasteiger charge is -2.06. The molecule has 2 aromatic carbocycles. The molecule has 0 heterocycles. The number of benzene rings is 2. The van der Waals surface area contributed by atoms with Crippen molar-refractivity contribution < 1.29 is 23.9 Å². The fourth-order valence-electron chi connectivity index (χ4n) is 2.02. The van der Waals surface area contributed by atoms with E-state index in [2.05, 4.69) is 10.1 Å². The summed E-state index contributed by atoms with van der Waals surface area (Å²) in [5.74, 6) is -1.36. The highest BCUT2D eigenvalue weighted by Crippen LogP contribution is 2.07. The Morgan fingerprint density at radius 3 is 2.35 bits per heavy atom. The Hall–Kier alpha value is -3.41. The molecule has 1 N–H and O–H groups in total. The van der Waals surface area contributed by atoms with E-state index in [0.29, 0.717) is 5.56 Å². The topological polar surface area (TPSA) is 81.7 Å². The number of amides is 1. The van der Waals surface area contributed by atoms with Crippen molar-refractivity contribution in [3.05, 3.63) is 77.4 Å². The molecule has 0 atom stereocenters. The maximum Gasteiger partial charge on any atom is 0.337 e. The summed E-state index contributed by atoms with van der Waals surface area (Å²) in [7, 11) is 1.31. The summed E-state index contributed by atoms with van der Waals surface area (Å²) in [6.07, 6.45) is 3.01. The third kappa shape index (κ3) is 6.24. The van der Waals surface area contributed by atoms with Crippen molar-refractivity contribution in [1.29, 1.82) is 0 Å². The van der Waals surface area contributed by atoms with Gasteiger partial charge >= 0.3 is 11.9 Å². The van der Waals surface area contributed by atoms with Crippen molar-refractivity contribution >= 4 is 23.9 Å². The predicted octanol–water partition coefficient (Wildman–Crippen LogP) is 2.35. The zero-order valence-corrected chi connectivity index (χ0v) is 14.3. The number of carbonyl (C=O) groups is 3. The number of methoxy groups -OCH3 is 1. The smallest absolute Gasteiger partial charge is 0.337 e. The average molecular weight is 353 g/mol. The molecule has 0 unspecified atom stereocenters. The molecule has 0 saturated carbocycles. The van der Waals surface area contributed by atoms with E-state index in [1.165, 1.54) is 13.2 Å². The second-order valence-corrected chi connectivity index (χ2v) is 5.31. The summed E-state index contributed by atoms with van der Waals surface area (Å²) < 4.78 is 9.68. The van der Waals surface area contributed by atoms with Crippen molar-refractivity contribution in [2.24, 2.45) is 0 Å². The van der Waals surface area contributed by atoms with Crippen molar-refractivity contribution in [2.75, 3.05) is 13.7 Å². The number of rotatable bonds is 7. The third-order valence-electron chi connectivity index (χ3n) is 3.41. The maximum atomic E-state index is 11.7. The Kier molecular flexibility index (Phi) is 7.12. The Morgan fingerprint density at radius 2 is 1.69 bits per heavy atom. The highest BCUT2D eigenvalue weighted by Gasteiger charge is 2.07. The number of nitrogens with one attached hydrogen (secondary N) is 1. The zero-order valence-electron chi connectivity index (χ0n) is 14.3. The van der Waals surface area contributed by atoms with Gasteiger partial charge in [-0.05, 0) is 29.3 Å². The Morgan fingerprint density at radius 1 is 1.00 bits per heavy atom. The van der Waals surface area contributed by atoms with Gasteiger partial charge in [-0.15, -0.1) is 0 Å². The van der Waals surface area contributed by atoms with Crippen LogP contribution in [0.4, 0.5) is 0 Å². The summed E-state index contributed by atoms with van der Waals surface area (Å²) in [5, 5.41) is 2.46. The first-order valence-corrected chi connectivity index (χ1v) is 7.92. The minimum atomic E-state index is -0.552. The fraction of sp³-hybridized carbons (Fsp3) is 0.150. The third-order valence-corrected chi connectivity index (χ3v) is 3.41. The molecular formula is C20H19NO5. The van der Waals surface area contributed by atoms with Gasteiger partial charge in [0.1, 0.15) is 13.2 Å². The van der Waals surface area contributed by atoms with Crippen molar-refractivity contribution in [1.82, 2.24) is 5.32 Å². The van der Waals surface area contributed by atoms with Crippen LogP contribution < -0.4 is 5.32 Å². The lowest BCUT2D eigenvalue weighted by Crippen LogP contribution is -2.29. The maximum absolute atomic E-state index is 11.7. The van der Waals surface area contributed by atoms with E-state index in [4.69, 9.17) is 4.74 Å². The van der Waals surface area contributed by atoms with Crippen LogP contribution in [0.2, 0.25) is 0 Å². The Bertz CT molecular complexity index is 782. The fourth-order valence-corrected chi connectivity index (χ4v) is 2.02. The summed E-state index contributed by atoms with van der Waals surface area (Å²) in [4.78, 5) is 34.7. The first kappa shape index (κ1) is 18.9. The average Bonchev–Trinajstić information content (AvgIpc) is 2.69. The van der Waals surface area contributed by atoms with Crippen molar-refractivity contribution in [2.45, 2.75) is 6.61 Å². The van der Waals surface area contributed by atoms with Crippen LogP contribution in [0.15, 0.2) is 60.7 Å². The largest absolute Gasteiger partial charge is 0.465 e. The van der Waals surface area contributed by atoms with E-state index in [9.17, 15) is 14.4 Å². The summed E-state index contributed by atoms with van der Waals surface area (Å²) >= 11 is 0. The molecule has 6 heteroatoms. The van der Waals surface area contributed by atoms with Gasteiger partial charge in [0.2, 0.25) is 5.91 Å². The van der Waals surface area contributed by atoms with Crippen LogP contribution in [0, 0.1) is 0 Å². The SMILES string of the molecule is COC(=O)c1ccc(COC(=O)CNC(=O)/C=C/c2ccccc2)cc1. The molecule has 2 rings (SSSR count). The van der Waals surface area contributed by atoms with E-state index >= 15 is 0 Å². The first-order valence-electron chi connectivity index (χ1n) is 7.92. The minimum Gasteiger partial charge on any atom is -0.465 e. The molecule has 0 fully saturated rings. The van der Waals surface area contributed by atoms with E-state index < -0.39 is 11.9 Å². The molecule has 0 aliphatic carbocycles. The van der Waals surface area contributed by atoms with Crippen LogP contribution >= 0.6 is 0 Å². The molecule has 2 aromatic rings. The lowest BCUT2D eigenvalue weighted by molar-refractivity contribution is -0.144. The molecule has 0 aromatic heterocycles. The molecule has 0 radical (unpaired) electrons. The zero-order chi connectivity index (χ0) is 18.8. The lowest BCUT2D eigenvalue weighted by atomic mass is 10.1. The quantitative estimate of drug-likeness (QED) is 0.610. The first-order chi connectivity index (χ1) is 12.6. The molecule has 0 bridgehead atoms. The van der Waals surface area contributed by atoms with Crippen LogP contribution in [0.1, 0.15) is 21.5 Å². The highest BCUT2D eigenvalue weighted by atomic mass is 16.5. The normalized spacial score (nSPS) is 10.3. The number of hydrogen-bond donors (Lipinski definition) is 1. The monoisotopic (exact) mass is 353 g/mol. The standard InChI is InChI=1S/C20H19NO5/c1-25-20(24)17-10-7-16(8-11-17)14-26-19(23)13-21-18(22)12-9-15-5-3-2-4-6-15/h2-12H,13-14H2,1H3,(H,21,22)/b12-9+. The molecular weight excluding hydrogens is 334 g/mol. The second kappa shape index (κ2) is 9.78. The van der Waals surface area contributed by atoms with E-state index in [0.717, 1.165) is 11.1 Å². The molecule has 26 heavy (non-hydrogen) atoms. The van der Waals surface area contributed by atoms with Gasteiger partial charge in [0, 0.05) is 6.08 Å².